The zero-order valence-corrected chi connectivity index (χ0v) is 15.6. The molecule has 2 aliphatic rings. The van der Waals surface area contributed by atoms with Crippen molar-refractivity contribution in [3.63, 3.8) is 0 Å². The van der Waals surface area contributed by atoms with Crippen LogP contribution in [0.5, 0.6) is 0 Å². The zero-order chi connectivity index (χ0) is 19.0. The summed E-state index contributed by atoms with van der Waals surface area (Å²) in [5, 5.41) is 19.0. The van der Waals surface area contributed by atoms with E-state index >= 15 is 0 Å². The van der Waals surface area contributed by atoms with Crippen LogP contribution < -0.4 is 0 Å². The standard InChI is InChI=1S/C19H17N5O2S/c1-26-10-15-6-14(8-23(15)11-21)24-9-16-17(19(24)25)27-18(22-16)13-4-2-12(7-20)3-5-13/h2-5,14-15H,6,8-10H2,1H3/t14-,15+/m1/s1. The average Bonchev–Trinajstić information content (AvgIpc) is 3.36. The van der Waals surface area contributed by atoms with Crippen molar-refractivity contribution in [1.82, 2.24) is 14.8 Å². The summed E-state index contributed by atoms with van der Waals surface area (Å²) in [7, 11) is 1.62. The molecule has 0 radical (unpaired) electrons. The number of aromatic nitrogens is 1. The lowest BCUT2D eigenvalue weighted by molar-refractivity contribution is 0.0712. The number of hydrogen-bond acceptors (Lipinski definition) is 7. The van der Waals surface area contributed by atoms with Crippen LogP contribution in [0.15, 0.2) is 24.3 Å². The molecule has 1 amide bonds. The predicted molar refractivity (Wildman–Crippen MR) is 98.5 cm³/mol. The van der Waals surface area contributed by atoms with E-state index in [4.69, 9.17) is 10.00 Å². The van der Waals surface area contributed by atoms with Crippen LogP contribution in [0.1, 0.15) is 27.3 Å². The highest BCUT2D eigenvalue weighted by Crippen LogP contribution is 2.36. The maximum atomic E-state index is 12.9. The van der Waals surface area contributed by atoms with Gasteiger partial charge in [-0.25, -0.2) is 4.98 Å². The summed E-state index contributed by atoms with van der Waals surface area (Å²) < 4.78 is 5.20. The van der Waals surface area contributed by atoms with Crippen molar-refractivity contribution in [2.75, 3.05) is 20.3 Å². The van der Waals surface area contributed by atoms with Gasteiger partial charge in [0.15, 0.2) is 6.19 Å². The van der Waals surface area contributed by atoms with E-state index in [1.54, 1.807) is 24.1 Å². The molecule has 0 N–H and O–H groups in total. The molecular weight excluding hydrogens is 362 g/mol. The maximum absolute atomic E-state index is 12.9. The second-order valence-corrected chi connectivity index (χ2v) is 7.67. The molecule has 136 valence electrons. The number of hydrogen-bond donors (Lipinski definition) is 0. The lowest BCUT2D eigenvalue weighted by Gasteiger charge is -2.22. The monoisotopic (exact) mass is 379 g/mol. The third kappa shape index (κ3) is 3.03. The van der Waals surface area contributed by atoms with Crippen LogP contribution in [0, 0.1) is 22.8 Å². The number of nitriles is 2. The van der Waals surface area contributed by atoms with Gasteiger partial charge in [-0.1, -0.05) is 12.1 Å². The molecule has 7 nitrogen and oxygen atoms in total. The quantitative estimate of drug-likeness (QED) is 0.756. The molecule has 0 spiro atoms. The Morgan fingerprint density at radius 1 is 1.33 bits per heavy atom. The van der Waals surface area contributed by atoms with Crippen LogP contribution in [-0.4, -0.2) is 53.0 Å². The minimum atomic E-state index is -0.0108. The topological polar surface area (TPSA) is 93.2 Å². The minimum absolute atomic E-state index is 0.00272. The van der Waals surface area contributed by atoms with Crippen LogP contribution in [0.4, 0.5) is 0 Å². The number of likely N-dealkylation sites (tertiary alicyclic amines) is 1. The Morgan fingerprint density at radius 2 is 2.11 bits per heavy atom. The Labute approximate surface area is 161 Å². The third-order valence-corrected chi connectivity index (χ3v) is 6.19. The molecule has 1 aromatic heterocycles. The van der Waals surface area contributed by atoms with Crippen molar-refractivity contribution in [3.8, 4) is 22.8 Å². The molecule has 8 heteroatoms. The summed E-state index contributed by atoms with van der Waals surface area (Å²) in [6.45, 7) is 1.49. The van der Waals surface area contributed by atoms with E-state index in [0.29, 0.717) is 30.1 Å². The summed E-state index contributed by atoms with van der Waals surface area (Å²) in [6.07, 6.45) is 2.93. The first-order valence-electron chi connectivity index (χ1n) is 8.61. The number of rotatable bonds is 4. The van der Waals surface area contributed by atoms with Crippen LogP contribution >= 0.6 is 11.3 Å². The minimum Gasteiger partial charge on any atom is -0.383 e. The molecule has 4 rings (SSSR count). The summed E-state index contributed by atoms with van der Waals surface area (Å²) >= 11 is 1.39. The van der Waals surface area contributed by atoms with Crippen molar-refractivity contribution in [1.29, 1.82) is 10.5 Å². The number of methoxy groups -OCH3 is 1. The fourth-order valence-electron chi connectivity index (χ4n) is 3.69. The van der Waals surface area contributed by atoms with Gasteiger partial charge in [-0.15, -0.1) is 11.3 Å². The van der Waals surface area contributed by atoms with Gasteiger partial charge in [-0.3, -0.25) is 4.79 Å². The number of ether oxygens (including phenoxy) is 1. The van der Waals surface area contributed by atoms with Gasteiger partial charge in [-0.2, -0.15) is 10.5 Å². The van der Waals surface area contributed by atoms with E-state index in [1.165, 1.54) is 11.3 Å². The fourth-order valence-corrected chi connectivity index (χ4v) is 4.72. The summed E-state index contributed by atoms with van der Waals surface area (Å²) in [4.78, 5) is 21.8. The number of nitrogens with zero attached hydrogens (tertiary/aromatic N) is 5. The van der Waals surface area contributed by atoms with E-state index < -0.39 is 0 Å². The molecule has 1 fully saturated rings. The smallest absolute Gasteiger partial charge is 0.266 e. The van der Waals surface area contributed by atoms with E-state index in [1.807, 2.05) is 17.0 Å². The van der Waals surface area contributed by atoms with Gasteiger partial charge in [0, 0.05) is 19.2 Å². The first kappa shape index (κ1) is 17.5. The third-order valence-electron chi connectivity index (χ3n) is 5.05. The molecule has 0 saturated carbocycles. The number of fused-ring (bicyclic) bond motifs is 1. The molecule has 2 aromatic rings. The van der Waals surface area contributed by atoms with Gasteiger partial charge in [-0.05, 0) is 18.6 Å². The van der Waals surface area contributed by atoms with E-state index in [-0.39, 0.29) is 18.0 Å². The highest BCUT2D eigenvalue weighted by atomic mass is 32.1. The fraction of sp³-hybridized carbons (Fsp3) is 0.368. The molecule has 0 bridgehead atoms. The first-order chi connectivity index (χ1) is 13.1. The molecule has 1 aromatic carbocycles. The van der Waals surface area contributed by atoms with Gasteiger partial charge >= 0.3 is 0 Å². The van der Waals surface area contributed by atoms with Gasteiger partial charge < -0.3 is 14.5 Å². The molecule has 0 unspecified atom stereocenters. The maximum Gasteiger partial charge on any atom is 0.266 e. The second-order valence-electron chi connectivity index (χ2n) is 6.67. The summed E-state index contributed by atoms with van der Waals surface area (Å²) in [6, 6.07) is 9.31. The summed E-state index contributed by atoms with van der Waals surface area (Å²) in [5.41, 5.74) is 2.30. The van der Waals surface area contributed by atoms with Crippen LogP contribution in [0.2, 0.25) is 0 Å². The SMILES string of the molecule is COC[C@@H]1C[C@@H](N2Cc3nc(-c4ccc(C#N)cc4)sc3C2=O)CN1C#N. The lowest BCUT2D eigenvalue weighted by Crippen LogP contribution is -2.37. The Balaban J connectivity index is 1.52. The molecular formula is C19H17N5O2S. The first-order valence-corrected chi connectivity index (χ1v) is 9.42. The summed E-state index contributed by atoms with van der Waals surface area (Å²) in [5.74, 6) is -0.0108. The molecule has 3 heterocycles. The Hall–Kier alpha value is -2.94. The zero-order valence-electron chi connectivity index (χ0n) is 14.8. The van der Waals surface area contributed by atoms with E-state index in [9.17, 15) is 10.1 Å². The van der Waals surface area contributed by atoms with Crippen molar-refractivity contribution in [3.05, 3.63) is 40.4 Å². The predicted octanol–water partition coefficient (Wildman–Crippen LogP) is 2.21. The van der Waals surface area contributed by atoms with Crippen LogP contribution in [0.25, 0.3) is 10.6 Å². The average molecular weight is 379 g/mol. The highest BCUT2D eigenvalue weighted by Gasteiger charge is 2.42. The second kappa shape index (κ2) is 6.99. The lowest BCUT2D eigenvalue weighted by atomic mass is 10.1. The number of carbonyl (C=O) groups is 1. The van der Waals surface area contributed by atoms with Crippen molar-refractivity contribution in [2.45, 2.75) is 25.0 Å². The largest absolute Gasteiger partial charge is 0.383 e. The van der Waals surface area contributed by atoms with Crippen LogP contribution in [0.3, 0.4) is 0 Å². The van der Waals surface area contributed by atoms with Gasteiger partial charge in [0.25, 0.3) is 5.91 Å². The van der Waals surface area contributed by atoms with Gasteiger partial charge in [0.2, 0.25) is 0 Å². The number of benzene rings is 1. The Kier molecular flexibility index (Phi) is 4.53. The van der Waals surface area contributed by atoms with Gasteiger partial charge in [0.1, 0.15) is 9.88 Å². The Morgan fingerprint density at radius 3 is 2.74 bits per heavy atom. The molecule has 2 atom stereocenters. The highest BCUT2D eigenvalue weighted by molar-refractivity contribution is 7.17. The van der Waals surface area contributed by atoms with E-state index in [2.05, 4.69) is 17.2 Å². The number of thiazole rings is 1. The van der Waals surface area contributed by atoms with Crippen molar-refractivity contribution in [2.24, 2.45) is 0 Å². The van der Waals surface area contributed by atoms with Crippen LogP contribution in [-0.2, 0) is 11.3 Å². The molecule has 0 aliphatic carbocycles. The normalized spacial score (nSPS) is 21.2. The Bertz CT molecular complexity index is 956. The molecule has 1 saturated heterocycles. The molecule has 27 heavy (non-hydrogen) atoms. The van der Waals surface area contributed by atoms with Crippen molar-refractivity contribution < 1.29 is 9.53 Å². The van der Waals surface area contributed by atoms with Crippen molar-refractivity contribution >= 4 is 17.2 Å². The van der Waals surface area contributed by atoms with E-state index in [0.717, 1.165) is 22.7 Å². The molecule has 2 aliphatic heterocycles. The number of amides is 1. The number of carbonyl (C=O) groups excluding carboxylic acids is 1. The van der Waals surface area contributed by atoms with Gasteiger partial charge in [0.05, 0.1) is 42.6 Å².